The maximum absolute atomic E-state index is 8.99. The van der Waals surface area contributed by atoms with E-state index in [1.54, 1.807) is 0 Å². The van der Waals surface area contributed by atoms with Gasteiger partial charge in [-0.05, 0) is 25.2 Å². The Morgan fingerprint density at radius 1 is 1.42 bits per heavy atom. The highest BCUT2D eigenvalue weighted by Gasteiger charge is 2.27. The molecular formula is C13H23N5O. The lowest BCUT2D eigenvalue weighted by atomic mass is 10.0. The van der Waals surface area contributed by atoms with Crippen LogP contribution >= 0.6 is 0 Å². The molecule has 1 heterocycles. The third-order valence-corrected chi connectivity index (χ3v) is 3.52. The van der Waals surface area contributed by atoms with Gasteiger partial charge < -0.3 is 15.8 Å². The number of nitrogen functional groups attached to an aromatic ring is 1. The maximum Gasteiger partial charge on any atom is 0.145 e. The van der Waals surface area contributed by atoms with Crippen LogP contribution in [0.15, 0.2) is 6.07 Å². The number of nitrogens with one attached hydrogen (secondary N) is 2. The van der Waals surface area contributed by atoms with Crippen molar-refractivity contribution in [1.29, 1.82) is 0 Å². The number of aliphatic hydroxyl groups excluding tert-OH is 1. The largest absolute Gasteiger partial charge is 0.396 e. The molecule has 6 heteroatoms. The van der Waals surface area contributed by atoms with Crippen molar-refractivity contribution in [2.75, 3.05) is 23.9 Å². The normalized spacial score (nSPS) is 16.2. The van der Waals surface area contributed by atoms with Crippen LogP contribution in [-0.2, 0) is 0 Å². The summed E-state index contributed by atoms with van der Waals surface area (Å²) >= 11 is 0. The summed E-state index contributed by atoms with van der Waals surface area (Å²) in [6.45, 7) is 3.17. The van der Waals surface area contributed by atoms with E-state index < -0.39 is 0 Å². The fourth-order valence-electron chi connectivity index (χ4n) is 2.04. The van der Waals surface area contributed by atoms with Gasteiger partial charge in [-0.2, -0.15) is 0 Å². The van der Waals surface area contributed by atoms with Crippen LogP contribution in [0, 0.1) is 5.92 Å². The van der Waals surface area contributed by atoms with Crippen LogP contribution in [0.2, 0.25) is 0 Å². The van der Waals surface area contributed by atoms with Crippen LogP contribution in [0.3, 0.4) is 0 Å². The van der Waals surface area contributed by atoms with E-state index in [1.807, 2.05) is 6.07 Å². The number of aliphatic hydroxyl groups is 1. The predicted octanol–water partition coefficient (Wildman–Crippen LogP) is 1.46. The fraction of sp³-hybridized carbons (Fsp3) is 0.692. The highest BCUT2D eigenvalue weighted by atomic mass is 16.3. The van der Waals surface area contributed by atoms with Crippen LogP contribution < -0.4 is 16.6 Å². The molecule has 0 radical (unpaired) electrons. The molecule has 1 fully saturated rings. The van der Waals surface area contributed by atoms with Crippen LogP contribution in [0.25, 0.3) is 0 Å². The van der Waals surface area contributed by atoms with Crippen molar-refractivity contribution < 1.29 is 5.11 Å². The molecule has 1 aliphatic carbocycles. The van der Waals surface area contributed by atoms with Crippen LogP contribution in [0.4, 0.5) is 11.6 Å². The van der Waals surface area contributed by atoms with Gasteiger partial charge in [0.1, 0.15) is 17.5 Å². The molecule has 1 aromatic rings. The minimum atomic E-state index is 0.229. The van der Waals surface area contributed by atoms with Crippen molar-refractivity contribution in [1.82, 2.24) is 9.97 Å². The maximum atomic E-state index is 8.99. The average molecular weight is 265 g/mol. The first-order chi connectivity index (χ1) is 9.26. The number of hydrogen-bond acceptors (Lipinski definition) is 6. The third kappa shape index (κ3) is 4.04. The Hall–Kier alpha value is -1.40. The van der Waals surface area contributed by atoms with Crippen molar-refractivity contribution in [3.05, 3.63) is 11.9 Å². The Balaban J connectivity index is 2.00. The standard InChI is InChI=1S/C13H23N5O/c1-2-9(5-6-19)8-15-11-7-12(18-14)17-13(16-11)10-3-4-10/h7,9-10,19H,2-6,8,14H2,1H3,(H2,15,16,17,18). The van der Waals surface area contributed by atoms with Gasteiger partial charge >= 0.3 is 0 Å². The number of hydrazine groups is 1. The van der Waals surface area contributed by atoms with Crippen molar-refractivity contribution >= 4 is 11.6 Å². The van der Waals surface area contributed by atoms with Gasteiger partial charge in [-0.1, -0.05) is 13.3 Å². The molecule has 0 spiro atoms. The Bertz CT molecular complexity index is 408. The second kappa shape index (κ2) is 6.68. The number of rotatable bonds is 8. The minimum absolute atomic E-state index is 0.229. The molecule has 19 heavy (non-hydrogen) atoms. The van der Waals surface area contributed by atoms with E-state index in [-0.39, 0.29) is 6.61 Å². The molecule has 1 unspecified atom stereocenters. The molecular weight excluding hydrogens is 242 g/mol. The molecule has 0 aliphatic heterocycles. The van der Waals surface area contributed by atoms with Crippen molar-refractivity contribution in [2.45, 2.75) is 38.5 Å². The summed E-state index contributed by atoms with van der Waals surface area (Å²) in [4.78, 5) is 8.90. The van der Waals surface area contributed by atoms with Gasteiger partial charge in [0.05, 0.1) is 0 Å². The number of nitrogens with zero attached hydrogens (tertiary/aromatic N) is 2. The molecule has 2 rings (SSSR count). The highest BCUT2D eigenvalue weighted by Crippen LogP contribution is 2.38. The SMILES string of the molecule is CCC(CCO)CNc1cc(NN)nc(C2CC2)n1. The first-order valence-electron chi connectivity index (χ1n) is 6.97. The van der Waals surface area contributed by atoms with E-state index >= 15 is 0 Å². The summed E-state index contributed by atoms with van der Waals surface area (Å²) in [5, 5.41) is 12.3. The second-order valence-electron chi connectivity index (χ2n) is 5.08. The molecule has 1 aliphatic rings. The number of nitrogens with two attached hydrogens (primary N) is 1. The monoisotopic (exact) mass is 265 g/mol. The molecule has 0 bridgehead atoms. The minimum Gasteiger partial charge on any atom is -0.396 e. The summed E-state index contributed by atoms with van der Waals surface area (Å²) < 4.78 is 0. The topological polar surface area (TPSA) is 96.1 Å². The lowest BCUT2D eigenvalue weighted by Gasteiger charge is -2.15. The Morgan fingerprint density at radius 3 is 2.74 bits per heavy atom. The third-order valence-electron chi connectivity index (χ3n) is 3.52. The smallest absolute Gasteiger partial charge is 0.145 e. The summed E-state index contributed by atoms with van der Waals surface area (Å²) in [5.74, 6) is 8.71. The Kier molecular flexibility index (Phi) is 4.93. The van der Waals surface area contributed by atoms with Gasteiger partial charge in [0.15, 0.2) is 0 Å². The lowest BCUT2D eigenvalue weighted by molar-refractivity contribution is 0.258. The Morgan fingerprint density at radius 2 is 2.16 bits per heavy atom. The van der Waals surface area contributed by atoms with Gasteiger partial charge in [-0.3, -0.25) is 0 Å². The molecule has 1 saturated carbocycles. The number of anilines is 2. The van der Waals surface area contributed by atoms with Gasteiger partial charge in [0.2, 0.25) is 0 Å². The first kappa shape index (κ1) is 14.0. The molecule has 0 amide bonds. The van der Waals surface area contributed by atoms with Crippen LogP contribution in [0.1, 0.15) is 44.3 Å². The zero-order chi connectivity index (χ0) is 13.7. The van der Waals surface area contributed by atoms with E-state index in [0.29, 0.717) is 17.7 Å². The van der Waals surface area contributed by atoms with E-state index in [2.05, 4.69) is 27.6 Å². The quantitative estimate of drug-likeness (QED) is 0.420. The molecule has 1 atom stereocenters. The van der Waals surface area contributed by atoms with Crippen molar-refractivity contribution in [3.63, 3.8) is 0 Å². The lowest BCUT2D eigenvalue weighted by Crippen LogP contribution is -2.17. The van der Waals surface area contributed by atoms with Crippen molar-refractivity contribution in [3.8, 4) is 0 Å². The van der Waals surface area contributed by atoms with Crippen LogP contribution in [-0.4, -0.2) is 28.2 Å². The first-order valence-corrected chi connectivity index (χ1v) is 6.97. The van der Waals surface area contributed by atoms with Crippen LogP contribution in [0.5, 0.6) is 0 Å². The molecule has 5 N–H and O–H groups in total. The van der Waals surface area contributed by atoms with Crippen molar-refractivity contribution in [2.24, 2.45) is 11.8 Å². The zero-order valence-electron chi connectivity index (χ0n) is 11.4. The van der Waals surface area contributed by atoms with E-state index in [0.717, 1.165) is 43.9 Å². The predicted molar refractivity (Wildman–Crippen MR) is 75.8 cm³/mol. The average Bonchev–Trinajstić information content (AvgIpc) is 3.27. The number of aromatic nitrogens is 2. The van der Waals surface area contributed by atoms with E-state index in [4.69, 9.17) is 10.9 Å². The summed E-state index contributed by atoms with van der Waals surface area (Å²) in [6.07, 6.45) is 4.17. The molecule has 106 valence electrons. The molecule has 0 aromatic carbocycles. The Labute approximate surface area is 113 Å². The summed E-state index contributed by atoms with van der Waals surface area (Å²) in [7, 11) is 0. The molecule has 6 nitrogen and oxygen atoms in total. The molecule has 0 saturated heterocycles. The van der Waals surface area contributed by atoms with E-state index in [1.165, 1.54) is 0 Å². The molecule has 1 aromatic heterocycles. The number of hydrogen-bond donors (Lipinski definition) is 4. The summed E-state index contributed by atoms with van der Waals surface area (Å²) in [5.41, 5.74) is 2.59. The second-order valence-corrected chi connectivity index (χ2v) is 5.08. The van der Waals surface area contributed by atoms with Gasteiger partial charge in [0, 0.05) is 25.1 Å². The zero-order valence-corrected chi connectivity index (χ0v) is 11.4. The fourth-order valence-corrected chi connectivity index (χ4v) is 2.04. The summed E-state index contributed by atoms with van der Waals surface area (Å²) in [6, 6.07) is 1.82. The van der Waals surface area contributed by atoms with Gasteiger partial charge in [-0.15, -0.1) is 0 Å². The highest BCUT2D eigenvalue weighted by molar-refractivity contribution is 5.47. The van der Waals surface area contributed by atoms with E-state index in [9.17, 15) is 0 Å². The van der Waals surface area contributed by atoms with Gasteiger partial charge in [0.25, 0.3) is 0 Å². The van der Waals surface area contributed by atoms with Gasteiger partial charge in [-0.25, -0.2) is 15.8 Å².